The lowest BCUT2D eigenvalue weighted by Crippen LogP contribution is -2.45. The SMILES string of the molecule is CCCC[C@@H](CC(=O)N(C)C(CC)C(=O)O)NC(=O)OCC1c2ccccc2-c2ccccc21. The Morgan fingerprint density at radius 3 is 2.15 bits per heavy atom. The van der Waals surface area contributed by atoms with Crippen LogP contribution >= 0.6 is 0 Å². The number of rotatable bonds is 11. The number of amides is 2. The standard InChI is InChI=1S/C27H34N2O5/c1-4-6-11-18(16-25(30)29(3)24(5-2)26(31)32)28-27(33)34-17-23-21-14-9-7-12-19(21)20-13-8-10-15-22(20)23/h7-10,12-15,18,23-24H,4-6,11,16-17H2,1-3H3,(H,28,33)(H,31,32)/t18-,24?/m0/s1. The van der Waals surface area contributed by atoms with E-state index in [1.165, 1.54) is 11.9 Å². The summed E-state index contributed by atoms with van der Waals surface area (Å²) >= 11 is 0. The van der Waals surface area contributed by atoms with Gasteiger partial charge in [0.25, 0.3) is 0 Å². The Labute approximate surface area is 201 Å². The summed E-state index contributed by atoms with van der Waals surface area (Å²) in [6.07, 6.45) is 2.15. The Balaban J connectivity index is 1.63. The Hall–Kier alpha value is -3.35. The lowest BCUT2D eigenvalue weighted by atomic mass is 9.98. The van der Waals surface area contributed by atoms with E-state index in [0.717, 1.165) is 35.1 Å². The Morgan fingerprint density at radius 1 is 1.03 bits per heavy atom. The number of carboxylic acids is 1. The second kappa shape index (κ2) is 11.7. The number of nitrogens with zero attached hydrogens (tertiary/aromatic N) is 1. The number of aliphatic carboxylic acids is 1. The highest BCUT2D eigenvalue weighted by atomic mass is 16.5. The van der Waals surface area contributed by atoms with Gasteiger partial charge in [-0.3, -0.25) is 4.79 Å². The van der Waals surface area contributed by atoms with Gasteiger partial charge in [-0.05, 0) is 35.1 Å². The van der Waals surface area contributed by atoms with Crippen molar-refractivity contribution in [2.45, 2.75) is 64.0 Å². The van der Waals surface area contributed by atoms with Crippen molar-refractivity contribution in [2.24, 2.45) is 0 Å². The molecule has 2 aromatic rings. The van der Waals surface area contributed by atoms with Crippen molar-refractivity contribution < 1.29 is 24.2 Å². The van der Waals surface area contributed by atoms with E-state index in [0.29, 0.717) is 12.8 Å². The molecule has 1 aliphatic rings. The zero-order valence-corrected chi connectivity index (χ0v) is 20.1. The molecule has 2 atom stereocenters. The number of hydrogen-bond donors (Lipinski definition) is 2. The van der Waals surface area contributed by atoms with Crippen LogP contribution in [0.3, 0.4) is 0 Å². The molecule has 1 unspecified atom stereocenters. The number of benzene rings is 2. The Kier molecular flexibility index (Phi) is 8.68. The molecule has 3 rings (SSSR count). The summed E-state index contributed by atoms with van der Waals surface area (Å²) in [6, 6.07) is 15.0. The monoisotopic (exact) mass is 466 g/mol. The Bertz CT molecular complexity index is 976. The third-order valence-electron chi connectivity index (χ3n) is 6.53. The van der Waals surface area contributed by atoms with Crippen molar-refractivity contribution in [3.8, 4) is 11.1 Å². The second-order valence-corrected chi connectivity index (χ2v) is 8.78. The van der Waals surface area contributed by atoms with Crippen LogP contribution < -0.4 is 5.32 Å². The lowest BCUT2D eigenvalue weighted by Gasteiger charge is -2.26. The number of ether oxygens (including phenoxy) is 1. The van der Waals surface area contributed by atoms with E-state index >= 15 is 0 Å². The third kappa shape index (κ3) is 5.76. The maximum Gasteiger partial charge on any atom is 0.407 e. The molecular formula is C27H34N2O5. The smallest absolute Gasteiger partial charge is 0.407 e. The van der Waals surface area contributed by atoms with Crippen molar-refractivity contribution >= 4 is 18.0 Å². The molecule has 7 nitrogen and oxygen atoms in total. The number of unbranched alkanes of at least 4 members (excludes halogenated alkanes) is 1. The zero-order valence-electron chi connectivity index (χ0n) is 20.1. The van der Waals surface area contributed by atoms with E-state index in [-0.39, 0.29) is 24.9 Å². The number of nitrogens with one attached hydrogen (secondary N) is 1. The highest BCUT2D eigenvalue weighted by Gasteiger charge is 2.30. The fourth-order valence-corrected chi connectivity index (χ4v) is 4.63. The van der Waals surface area contributed by atoms with Gasteiger partial charge in [-0.2, -0.15) is 0 Å². The maximum absolute atomic E-state index is 12.7. The van der Waals surface area contributed by atoms with Crippen LogP contribution in [-0.4, -0.2) is 53.7 Å². The number of alkyl carbamates (subject to hydrolysis) is 1. The molecule has 0 bridgehead atoms. The van der Waals surface area contributed by atoms with E-state index in [1.54, 1.807) is 6.92 Å². The fraction of sp³-hybridized carbons (Fsp3) is 0.444. The van der Waals surface area contributed by atoms with Crippen molar-refractivity contribution in [3.63, 3.8) is 0 Å². The minimum Gasteiger partial charge on any atom is -0.480 e. The molecule has 34 heavy (non-hydrogen) atoms. The molecule has 0 aromatic heterocycles. The predicted molar refractivity (Wildman–Crippen MR) is 131 cm³/mol. The number of carbonyl (C=O) groups is 3. The first-order valence-electron chi connectivity index (χ1n) is 12.0. The molecule has 0 radical (unpaired) electrons. The van der Waals surface area contributed by atoms with Crippen molar-refractivity contribution in [1.29, 1.82) is 0 Å². The van der Waals surface area contributed by atoms with Crippen molar-refractivity contribution in [3.05, 3.63) is 59.7 Å². The molecule has 182 valence electrons. The molecule has 0 heterocycles. The number of likely N-dealkylation sites (N-methyl/N-ethyl adjacent to an activating group) is 1. The van der Waals surface area contributed by atoms with Gasteiger partial charge in [0.1, 0.15) is 12.6 Å². The minimum atomic E-state index is -1.03. The molecule has 7 heteroatoms. The van der Waals surface area contributed by atoms with Crippen LogP contribution in [-0.2, 0) is 14.3 Å². The van der Waals surface area contributed by atoms with Crippen LogP contribution in [0.2, 0.25) is 0 Å². The van der Waals surface area contributed by atoms with Crippen LogP contribution in [0.1, 0.15) is 63.0 Å². The van der Waals surface area contributed by atoms with Crippen molar-refractivity contribution in [2.75, 3.05) is 13.7 Å². The first kappa shape index (κ1) is 25.3. The minimum absolute atomic E-state index is 0.0322. The van der Waals surface area contributed by atoms with Gasteiger partial charge in [0.05, 0.1) is 0 Å². The topological polar surface area (TPSA) is 95.9 Å². The van der Waals surface area contributed by atoms with Crippen LogP contribution in [0, 0.1) is 0 Å². The average Bonchev–Trinajstić information content (AvgIpc) is 3.15. The zero-order chi connectivity index (χ0) is 24.7. The second-order valence-electron chi connectivity index (χ2n) is 8.78. The van der Waals surface area contributed by atoms with Gasteiger partial charge >= 0.3 is 12.1 Å². The number of carboxylic acid groups (broad SMARTS) is 1. The number of hydrogen-bond acceptors (Lipinski definition) is 4. The molecular weight excluding hydrogens is 432 g/mol. The van der Waals surface area contributed by atoms with Crippen LogP contribution in [0.4, 0.5) is 4.79 Å². The van der Waals surface area contributed by atoms with Gasteiger partial charge in [-0.15, -0.1) is 0 Å². The largest absolute Gasteiger partial charge is 0.480 e. The summed E-state index contributed by atoms with van der Waals surface area (Å²) < 4.78 is 5.63. The van der Waals surface area contributed by atoms with E-state index in [9.17, 15) is 19.5 Å². The predicted octanol–water partition coefficient (Wildman–Crippen LogP) is 4.80. The van der Waals surface area contributed by atoms with Gasteiger partial charge in [0, 0.05) is 25.4 Å². The molecule has 0 aliphatic heterocycles. The summed E-state index contributed by atoms with van der Waals surface area (Å²) in [5.41, 5.74) is 4.58. The van der Waals surface area contributed by atoms with E-state index < -0.39 is 24.1 Å². The number of carbonyl (C=O) groups excluding carboxylic acids is 2. The van der Waals surface area contributed by atoms with Gasteiger partial charge in [0.2, 0.25) is 5.91 Å². The molecule has 1 aliphatic carbocycles. The van der Waals surface area contributed by atoms with Gasteiger partial charge in [-0.25, -0.2) is 9.59 Å². The summed E-state index contributed by atoms with van der Waals surface area (Å²) in [5, 5.41) is 12.2. The quantitative estimate of drug-likeness (QED) is 0.496. The molecule has 0 spiro atoms. The molecule has 2 aromatic carbocycles. The summed E-state index contributed by atoms with van der Waals surface area (Å²) in [7, 11) is 1.49. The lowest BCUT2D eigenvalue weighted by molar-refractivity contribution is -0.149. The normalized spacial score (nSPS) is 14.0. The molecule has 2 N–H and O–H groups in total. The molecule has 0 fully saturated rings. The van der Waals surface area contributed by atoms with Crippen LogP contribution in [0.15, 0.2) is 48.5 Å². The molecule has 2 amide bonds. The summed E-state index contributed by atoms with van der Waals surface area (Å²) in [6.45, 7) is 3.97. The highest BCUT2D eigenvalue weighted by Crippen LogP contribution is 2.44. The van der Waals surface area contributed by atoms with Crippen LogP contribution in [0.25, 0.3) is 11.1 Å². The highest BCUT2D eigenvalue weighted by molar-refractivity contribution is 5.84. The number of fused-ring (bicyclic) bond motifs is 3. The van der Waals surface area contributed by atoms with E-state index in [4.69, 9.17) is 4.74 Å². The Morgan fingerprint density at radius 2 is 1.62 bits per heavy atom. The third-order valence-corrected chi connectivity index (χ3v) is 6.53. The van der Waals surface area contributed by atoms with Crippen LogP contribution in [0.5, 0.6) is 0 Å². The van der Waals surface area contributed by atoms with Gasteiger partial charge in [-0.1, -0.05) is 75.2 Å². The van der Waals surface area contributed by atoms with E-state index in [1.807, 2.05) is 31.2 Å². The van der Waals surface area contributed by atoms with Crippen molar-refractivity contribution in [1.82, 2.24) is 10.2 Å². The molecule has 0 saturated carbocycles. The summed E-state index contributed by atoms with van der Waals surface area (Å²) in [4.78, 5) is 38.1. The fourth-order valence-electron chi connectivity index (χ4n) is 4.63. The van der Waals surface area contributed by atoms with Gasteiger partial charge < -0.3 is 20.1 Å². The maximum atomic E-state index is 12.7. The first-order chi connectivity index (χ1) is 16.4. The molecule has 0 saturated heterocycles. The first-order valence-corrected chi connectivity index (χ1v) is 12.0. The van der Waals surface area contributed by atoms with E-state index in [2.05, 4.69) is 29.6 Å². The van der Waals surface area contributed by atoms with Gasteiger partial charge in [0.15, 0.2) is 0 Å². The summed E-state index contributed by atoms with van der Waals surface area (Å²) in [5.74, 6) is -1.39. The average molecular weight is 467 g/mol.